The number of hydrogen-bond donors (Lipinski definition) is 1. The van der Waals surface area contributed by atoms with Crippen LogP contribution in [0.15, 0.2) is 9.15 Å². The van der Waals surface area contributed by atoms with Crippen LogP contribution in [0.4, 0.5) is 0 Å². The average Bonchev–Trinajstić information content (AvgIpc) is 1.65. The van der Waals surface area contributed by atoms with Crippen molar-refractivity contribution in [3.05, 3.63) is 9.15 Å². The van der Waals surface area contributed by atoms with Crippen LogP contribution in [-0.2, 0) is 0 Å². The molecular formula is C4H6Br2O. The van der Waals surface area contributed by atoms with E-state index < -0.39 is 0 Å². The summed E-state index contributed by atoms with van der Waals surface area (Å²) in [6.07, 6.45) is 0.659. The van der Waals surface area contributed by atoms with E-state index in [0.717, 1.165) is 0 Å². The van der Waals surface area contributed by atoms with Crippen molar-refractivity contribution in [2.75, 3.05) is 0 Å². The zero-order valence-electron chi connectivity index (χ0n) is 3.91. The van der Waals surface area contributed by atoms with E-state index in [-0.39, 0.29) is 0 Å². The first-order chi connectivity index (χ1) is 3.18. The lowest BCUT2D eigenvalue weighted by Crippen LogP contribution is -1.73. The number of aliphatic hydroxyl groups is 1. The van der Waals surface area contributed by atoms with Gasteiger partial charge in [-0.15, -0.1) is 0 Å². The molecule has 1 N–H and O–H groups in total. The van der Waals surface area contributed by atoms with Crippen molar-refractivity contribution in [2.45, 2.75) is 13.3 Å². The Bertz CT molecular complexity index is 83.7. The largest absolute Gasteiger partial charge is 0.511 e. The van der Waals surface area contributed by atoms with Crippen molar-refractivity contribution in [1.29, 1.82) is 0 Å². The Hall–Kier alpha value is 0.500. The van der Waals surface area contributed by atoms with Gasteiger partial charge in [0.1, 0.15) is 5.76 Å². The molecule has 0 aromatic carbocycles. The number of allylic oxidation sites excluding steroid dienone is 1. The fourth-order valence-corrected chi connectivity index (χ4v) is 0.694. The SMILES string of the molecule is CCC(O)=C(Br)Br. The average molecular weight is 230 g/mol. The standard InChI is InChI=1S/C4H6Br2O/c1-2-3(7)4(5)6/h7H,2H2,1H3. The summed E-state index contributed by atoms with van der Waals surface area (Å²) < 4.78 is 0.641. The molecular weight excluding hydrogens is 224 g/mol. The number of aliphatic hydroxyl groups excluding tert-OH is 1. The van der Waals surface area contributed by atoms with Gasteiger partial charge in [0.25, 0.3) is 0 Å². The van der Waals surface area contributed by atoms with Crippen molar-refractivity contribution in [2.24, 2.45) is 0 Å². The highest BCUT2D eigenvalue weighted by molar-refractivity contribution is 9.28. The molecule has 3 heteroatoms. The minimum atomic E-state index is 0.347. The van der Waals surface area contributed by atoms with Crippen LogP contribution in [0.3, 0.4) is 0 Å². The summed E-state index contributed by atoms with van der Waals surface area (Å²) in [7, 11) is 0. The molecule has 42 valence electrons. The second-order valence-electron chi connectivity index (χ2n) is 1.06. The summed E-state index contributed by atoms with van der Waals surface area (Å²) in [6, 6.07) is 0. The Kier molecular flexibility index (Phi) is 3.75. The van der Waals surface area contributed by atoms with Crippen LogP contribution in [0, 0.1) is 0 Å². The third kappa shape index (κ3) is 3.12. The van der Waals surface area contributed by atoms with Crippen molar-refractivity contribution < 1.29 is 5.11 Å². The van der Waals surface area contributed by atoms with E-state index in [4.69, 9.17) is 5.11 Å². The minimum Gasteiger partial charge on any atom is -0.511 e. The van der Waals surface area contributed by atoms with E-state index in [1.165, 1.54) is 0 Å². The van der Waals surface area contributed by atoms with Crippen molar-refractivity contribution in [3.63, 3.8) is 0 Å². The number of halogens is 2. The first kappa shape index (κ1) is 7.50. The summed E-state index contributed by atoms with van der Waals surface area (Å²) in [5.41, 5.74) is 0. The first-order valence-electron chi connectivity index (χ1n) is 1.91. The molecule has 0 fully saturated rings. The maximum Gasteiger partial charge on any atom is 0.113 e. The van der Waals surface area contributed by atoms with Crippen LogP contribution in [0.1, 0.15) is 13.3 Å². The summed E-state index contributed by atoms with van der Waals surface area (Å²) in [4.78, 5) is 0. The van der Waals surface area contributed by atoms with Gasteiger partial charge in [-0.1, -0.05) is 6.92 Å². The maximum absolute atomic E-state index is 8.72. The quantitative estimate of drug-likeness (QED) is 0.686. The molecule has 0 bridgehead atoms. The van der Waals surface area contributed by atoms with Gasteiger partial charge in [-0.25, -0.2) is 0 Å². The molecule has 0 aromatic rings. The molecule has 0 aliphatic heterocycles. The van der Waals surface area contributed by atoms with Gasteiger partial charge in [-0.2, -0.15) is 0 Å². The molecule has 0 aliphatic carbocycles. The first-order valence-corrected chi connectivity index (χ1v) is 3.50. The van der Waals surface area contributed by atoms with Crippen LogP contribution in [-0.4, -0.2) is 5.11 Å². The minimum absolute atomic E-state index is 0.347. The van der Waals surface area contributed by atoms with E-state index >= 15 is 0 Å². The molecule has 0 spiro atoms. The van der Waals surface area contributed by atoms with Gasteiger partial charge in [-0.3, -0.25) is 0 Å². The van der Waals surface area contributed by atoms with E-state index in [1.54, 1.807) is 0 Å². The Morgan fingerprint density at radius 3 is 2.00 bits per heavy atom. The molecule has 7 heavy (non-hydrogen) atoms. The molecule has 1 nitrogen and oxygen atoms in total. The normalized spacial score (nSPS) is 8.43. The van der Waals surface area contributed by atoms with Gasteiger partial charge in [0.05, 0.1) is 3.39 Å². The van der Waals surface area contributed by atoms with Gasteiger partial charge in [-0.05, 0) is 31.9 Å². The fourth-order valence-electron chi connectivity index (χ4n) is 0.134. The zero-order chi connectivity index (χ0) is 5.86. The van der Waals surface area contributed by atoms with Gasteiger partial charge >= 0.3 is 0 Å². The number of rotatable bonds is 1. The second kappa shape index (κ2) is 3.50. The summed E-state index contributed by atoms with van der Waals surface area (Å²) in [5.74, 6) is 0.347. The topological polar surface area (TPSA) is 20.2 Å². The smallest absolute Gasteiger partial charge is 0.113 e. The summed E-state index contributed by atoms with van der Waals surface area (Å²) in [6.45, 7) is 1.87. The van der Waals surface area contributed by atoms with E-state index in [1.807, 2.05) is 6.92 Å². The molecule has 0 heterocycles. The van der Waals surface area contributed by atoms with Crippen LogP contribution in [0.2, 0.25) is 0 Å². The molecule has 0 radical (unpaired) electrons. The highest BCUT2D eigenvalue weighted by Gasteiger charge is 1.90. The van der Waals surface area contributed by atoms with Gasteiger partial charge in [0.2, 0.25) is 0 Å². The second-order valence-corrected chi connectivity index (χ2v) is 3.71. The van der Waals surface area contributed by atoms with Crippen LogP contribution in [0.5, 0.6) is 0 Å². The Balaban J connectivity index is 3.72. The van der Waals surface area contributed by atoms with Crippen molar-refractivity contribution in [1.82, 2.24) is 0 Å². The van der Waals surface area contributed by atoms with Gasteiger partial charge in [0.15, 0.2) is 0 Å². The van der Waals surface area contributed by atoms with Crippen LogP contribution in [0.25, 0.3) is 0 Å². The predicted octanol–water partition coefficient (Wildman–Crippen LogP) is 2.91. The Morgan fingerprint density at radius 1 is 1.57 bits per heavy atom. The zero-order valence-corrected chi connectivity index (χ0v) is 7.08. The molecule has 0 saturated carbocycles. The predicted molar refractivity (Wildman–Crippen MR) is 37.8 cm³/mol. The van der Waals surface area contributed by atoms with E-state index in [0.29, 0.717) is 15.6 Å². The highest BCUT2D eigenvalue weighted by atomic mass is 79.9. The fraction of sp³-hybridized carbons (Fsp3) is 0.500. The lowest BCUT2D eigenvalue weighted by molar-refractivity contribution is 0.396. The third-order valence-electron chi connectivity index (χ3n) is 0.553. The molecule has 0 atom stereocenters. The van der Waals surface area contributed by atoms with Crippen molar-refractivity contribution in [3.8, 4) is 0 Å². The Morgan fingerprint density at radius 2 is 2.00 bits per heavy atom. The molecule has 0 rings (SSSR count). The van der Waals surface area contributed by atoms with E-state index in [9.17, 15) is 0 Å². The summed E-state index contributed by atoms with van der Waals surface area (Å²) >= 11 is 6.09. The van der Waals surface area contributed by atoms with E-state index in [2.05, 4.69) is 31.9 Å². The molecule has 0 saturated heterocycles. The molecule has 0 aliphatic rings. The third-order valence-corrected chi connectivity index (χ3v) is 1.47. The number of hydrogen-bond acceptors (Lipinski definition) is 1. The summed E-state index contributed by atoms with van der Waals surface area (Å²) in [5, 5.41) is 8.72. The monoisotopic (exact) mass is 228 g/mol. The van der Waals surface area contributed by atoms with Gasteiger partial charge in [0, 0.05) is 6.42 Å². The molecule has 0 unspecified atom stereocenters. The lowest BCUT2D eigenvalue weighted by Gasteiger charge is -1.89. The molecule has 0 aromatic heterocycles. The maximum atomic E-state index is 8.72. The van der Waals surface area contributed by atoms with Crippen LogP contribution < -0.4 is 0 Å². The van der Waals surface area contributed by atoms with Crippen molar-refractivity contribution >= 4 is 31.9 Å². The van der Waals surface area contributed by atoms with Crippen LogP contribution >= 0.6 is 31.9 Å². The Labute approximate surface area is 59.7 Å². The highest BCUT2D eigenvalue weighted by Crippen LogP contribution is 2.18. The molecule has 0 amide bonds. The lowest BCUT2D eigenvalue weighted by atomic mass is 10.4. The van der Waals surface area contributed by atoms with Gasteiger partial charge < -0.3 is 5.11 Å².